The number of nitrogens with one attached hydrogen (secondary N) is 1. The van der Waals surface area contributed by atoms with E-state index in [1.165, 1.54) is 12.8 Å². The van der Waals surface area contributed by atoms with Crippen molar-refractivity contribution in [3.05, 3.63) is 0 Å². The third-order valence-corrected chi connectivity index (χ3v) is 5.16. The van der Waals surface area contributed by atoms with Crippen LogP contribution in [0.1, 0.15) is 26.2 Å². The van der Waals surface area contributed by atoms with E-state index in [2.05, 4.69) is 36.1 Å². The maximum atomic E-state index is 12.6. The highest BCUT2D eigenvalue weighted by Crippen LogP contribution is 2.35. The van der Waals surface area contributed by atoms with Crippen molar-refractivity contribution >= 4 is 5.91 Å². The second kappa shape index (κ2) is 4.49. The van der Waals surface area contributed by atoms with Crippen LogP contribution >= 0.6 is 0 Å². The zero-order valence-electron chi connectivity index (χ0n) is 11.7. The molecule has 0 spiro atoms. The molecule has 0 saturated carbocycles. The van der Waals surface area contributed by atoms with Crippen LogP contribution < -0.4 is 5.32 Å². The molecule has 4 nitrogen and oxygen atoms in total. The third kappa shape index (κ3) is 1.95. The number of likely N-dealkylation sites (N-methyl/N-ethyl adjacent to an activating group) is 1. The van der Waals surface area contributed by atoms with Crippen molar-refractivity contribution < 1.29 is 4.79 Å². The standard InChI is InChI=1S/C14H25N3O/c1-9-7-17(8-13(9)16(2)3)14(18)11-6-10-4-5-12(11)15-10/h9-13,15H,4-8H2,1-3H3. The summed E-state index contributed by atoms with van der Waals surface area (Å²) in [5, 5.41) is 3.57. The fourth-order valence-electron chi connectivity index (χ4n) is 4.13. The Balaban J connectivity index is 1.64. The molecule has 3 saturated heterocycles. The molecule has 3 heterocycles. The summed E-state index contributed by atoms with van der Waals surface area (Å²) >= 11 is 0. The minimum Gasteiger partial charge on any atom is -0.340 e. The predicted molar refractivity (Wildman–Crippen MR) is 71.3 cm³/mol. The van der Waals surface area contributed by atoms with Gasteiger partial charge in [0.15, 0.2) is 0 Å². The number of carbonyl (C=O) groups is 1. The Morgan fingerprint density at radius 2 is 2.06 bits per heavy atom. The predicted octanol–water partition coefficient (Wildman–Crippen LogP) is 0.535. The van der Waals surface area contributed by atoms with Gasteiger partial charge in [0.1, 0.15) is 0 Å². The molecule has 3 aliphatic heterocycles. The van der Waals surface area contributed by atoms with Gasteiger partial charge in [-0.1, -0.05) is 6.92 Å². The topological polar surface area (TPSA) is 35.6 Å². The average molecular weight is 251 g/mol. The van der Waals surface area contributed by atoms with E-state index in [0.29, 0.717) is 30.0 Å². The summed E-state index contributed by atoms with van der Waals surface area (Å²) in [5.74, 6) is 1.26. The molecular weight excluding hydrogens is 226 g/mol. The quantitative estimate of drug-likeness (QED) is 0.778. The molecule has 1 amide bonds. The Morgan fingerprint density at radius 3 is 2.56 bits per heavy atom. The summed E-state index contributed by atoms with van der Waals surface area (Å²) in [6, 6.07) is 1.62. The fraction of sp³-hybridized carbons (Fsp3) is 0.929. The number of rotatable bonds is 2. The molecule has 0 aromatic rings. The fourth-order valence-corrected chi connectivity index (χ4v) is 4.13. The Labute approximate surface area is 110 Å². The zero-order chi connectivity index (χ0) is 12.9. The van der Waals surface area contributed by atoms with Gasteiger partial charge in [-0.3, -0.25) is 4.79 Å². The van der Waals surface area contributed by atoms with Crippen molar-refractivity contribution in [1.82, 2.24) is 15.1 Å². The number of hydrogen-bond acceptors (Lipinski definition) is 3. The summed E-state index contributed by atoms with van der Waals surface area (Å²) in [6.45, 7) is 4.12. The highest BCUT2D eigenvalue weighted by Gasteiger charge is 2.46. The Bertz CT molecular complexity index is 344. The third-order valence-electron chi connectivity index (χ3n) is 5.16. The lowest BCUT2D eigenvalue weighted by Crippen LogP contribution is -2.41. The first-order valence-corrected chi connectivity index (χ1v) is 7.27. The number of likely N-dealkylation sites (tertiary alicyclic amines) is 1. The molecule has 5 atom stereocenters. The molecule has 4 heteroatoms. The van der Waals surface area contributed by atoms with Crippen LogP contribution in [0.2, 0.25) is 0 Å². The van der Waals surface area contributed by atoms with Gasteiger partial charge in [-0.15, -0.1) is 0 Å². The van der Waals surface area contributed by atoms with Crippen LogP contribution in [0.5, 0.6) is 0 Å². The molecule has 1 N–H and O–H groups in total. The van der Waals surface area contributed by atoms with Gasteiger partial charge in [-0.05, 0) is 39.3 Å². The first-order chi connectivity index (χ1) is 8.56. The lowest BCUT2D eigenvalue weighted by Gasteiger charge is -2.26. The summed E-state index contributed by atoms with van der Waals surface area (Å²) < 4.78 is 0. The van der Waals surface area contributed by atoms with Crippen molar-refractivity contribution in [2.75, 3.05) is 27.2 Å². The number of amides is 1. The molecule has 3 aliphatic rings. The van der Waals surface area contributed by atoms with Gasteiger partial charge in [-0.25, -0.2) is 0 Å². The van der Waals surface area contributed by atoms with Crippen molar-refractivity contribution in [2.45, 2.75) is 44.3 Å². The van der Waals surface area contributed by atoms with Crippen molar-refractivity contribution in [1.29, 1.82) is 0 Å². The van der Waals surface area contributed by atoms with Gasteiger partial charge in [-0.2, -0.15) is 0 Å². The number of fused-ring (bicyclic) bond motifs is 2. The molecule has 5 unspecified atom stereocenters. The van der Waals surface area contributed by atoms with Gasteiger partial charge < -0.3 is 15.1 Å². The van der Waals surface area contributed by atoms with Crippen LogP contribution in [0.3, 0.4) is 0 Å². The Hall–Kier alpha value is -0.610. The van der Waals surface area contributed by atoms with E-state index in [1.54, 1.807) is 0 Å². The largest absolute Gasteiger partial charge is 0.340 e. The highest BCUT2D eigenvalue weighted by molar-refractivity contribution is 5.80. The average Bonchev–Trinajstić information content (AvgIpc) is 3.01. The van der Waals surface area contributed by atoms with Crippen LogP contribution in [-0.4, -0.2) is 61.0 Å². The van der Waals surface area contributed by atoms with Crippen molar-refractivity contribution in [2.24, 2.45) is 11.8 Å². The molecule has 0 aromatic heterocycles. The van der Waals surface area contributed by atoms with Crippen LogP contribution in [-0.2, 0) is 4.79 Å². The summed E-state index contributed by atoms with van der Waals surface area (Å²) in [7, 11) is 4.24. The summed E-state index contributed by atoms with van der Waals surface area (Å²) in [5.41, 5.74) is 0. The zero-order valence-corrected chi connectivity index (χ0v) is 11.7. The molecule has 3 fully saturated rings. The molecule has 0 aromatic carbocycles. The highest BCUT2D eigenvalue weighted by atomic mass is 16.2. The van der Waals surface area contributed by atoms with Gasteiger partial charge >= 0.3 is 0 Å². The Kier molecular flexibility index (Phi) is 3.10. The van der Waals surface area contributed by atoms with Gasteiger partial charge in [0.2, 0.25) is 5.91 Å². The van der Waals surface area contributed by atoms with Crippen molar-refractivity contribution in [3.63, 3.8) is 0 Å². The molecule has 18 heavy (non-hydrogen) atoms. The van der Waals surface area contributed by atoms with Gasteiger partial charge in [0.25, 0.3) is 0 Å². The van der Waals surface area contributed by atoms with Crippen LogP contribution in [0.25, 0.3) is 0 Å². The first kappa shape index (κ1) is 12.4. The summed E-state index contributed by atoms with van der Waals surface area (Å²) in [4.78, 5) is 17.0. The monoisotopic (exact) mass is 251 g/mol. The van der Waals surface area contributed by atoms with Crippen molar-refractivity contribution in [3.8, 4) is 0 Å². The normalized spacial score (nSPS) is 43.1. The van der Waals surface area contributed by atoms with Gasteiger partial charge in [0.05, 0.1) is 5.92 Å². The first-order valence-electron chi connectivity index (χ1n) is 7.27. The molecule has 3 rings (SSSR count). The van der Waals surface area contributed by atoms with E-state index < -0.39 is 0 Å². The second-order valence-electron chi connectivity index (χ2n) is 6.64. The number of nitrogens with zero attached hydrogens (tertiary/aromatic N) is 2. The lowest BCUT2D eigenvalue weighted by atomic mass is 9.88. The van der Waals surface area contributed by atoms with E-state index in [1.807, 2.05) is 0 Å². The van der Waals surface area contributed by atoms with E-state index in [-0.39, 0.29) is 5.92 Å². The van der Waals surface area contributed by atoms with Crippen LogP contribution in [0, 0.1) is 11.8 Å². The minimum atomic E-state index is 0.261. The SMILES string of the molecule is CC1CN(C(=O)C2CC3CCC2N3)CC1N(C)C. The second-order valence-corrected chi connectivity index (χ2v) is 6.64. The molecular formula is C14H25N3O. The maximum Gasteiger partial charge on any atom is 0.227 e. The van der Waals surface area contributed by atoms with E-state index in [0.717, 1.165) is 19.5 Å². The minimum absolute atomic E-state index is 0.261. The maximum absolute atomic E-state index is 12.6. The Morgan fingerprint density at radius 1 is 1.28 bits per heavy atom. The van der Waals surface area contributed by atoms with Crippen LogP contribution in [0.4, 0.5) is 0 Å². The van der Waals surface area contributed by atoms with Crippen LogP contribution in [0.15, 0.2) is 0 Å². The van der Waals surface area contributed by atoms with Gasteiger partial charge in [0, 0.05) is 31.2 Å². The number of carbonyl (C=O) groups excluding carboxylic acids is 1. The molecule has 0 aliphatic carbocycles. The van der Waals surface area contributed by atoms with E-state index in [4.69, 9.17) is 0 Å². The van der Waals surface area contributed by atoms with E-state index in [9.17, 15) is 4.79 Å². The van der Waals surface area contributed by atoms with E-state index >= 15 is 0 Å². The molecule has 2 bridgehead atoms. The smallest absolute Gasteiger partial charge is 0.227 e. The number of hydrogen-bond donors (Lipinski definition) is 1. The molecule has 102 valence electrons. The summed E-state index contributed by atoms with van der Waals surface area (Å²) in [6.07, 6.45) is 3.54. The lowest BCUT2D eigenvalue weighted by molar-refractivity contribution is -0.135. The molecule has 0 radical (unpaired) electrons.